The van der Waals surface area contributed by atoms with Crippen molar-refractivity contribution in [2.75, 3.05) is 6.54 Å². The molecule has 4 N–H and O–H groups in total. The van der Waals surface area contributed by atoms with Crippen molar-refractivity contribution in [2.24, 2.45) is 11.8 Å². The van der Waals surface area contributed by atoms with Gasteiger partial charge in [0.2, 0.25) is 23.6 Å². The molecule has 2 aliphatic rings. The normalized spacial score (nSPS) is 24.4. The van der Waals surface area contributed by atoms with Gasteiger partial charge in [-0.2, -0.15) is 0 Å². The van der Waals surface area contributed by atoms with E-state index in [2.05, 4.69) is 20.9 Å². The highest BCUT2D eigenvalue weighted by molar-refractivity contribution is 5.94. The van der Waals surface area contributed by atoms with Gasteiger partial charge in [-0.15, -0.1) is 0 Å². The first-order chi connectivity index (χ1) is 22.6. The fraction of sp³-hybridized carbons (Fsp3) is 0.457. The van der Waals surface area contributed by atoms with E-state index in [0.717, 1.165) is 22.9 Å². The van der Waals surface area contributed by atoms with E-state index in [-0.39, 0.29) is 68.0 Å². The van der Waals surface area contributed by atoms with Gasteiger partial charge >= 0.3 is 5.76 Å². The molecule has 2 aliphatic heterocycles. The molecule has 4 heterocycles. The molecule has 0 radical (unpaired) electrons. The lowest BCUT2D eigenvalue weighted by Crippen LogP contribution is -2.55. The monoisotopic (exact) mass is 642 g/mol. The van der Waals surface area contributed by atoms with E-state index in [4.69, 9.17) is 4.42 Å². The molecule has 5 atom stereocenters. The first-order valence-electron chi connectivity index (χ1n) is 16.4. The van der Waals surface area contributed by atoms with Crippen molar-refractivity contribution >= 4 is 45.6 Å². The first kappa shape index (κ1) is 32.1. The summed E-state index contributed by atoms with van der Waals surface area (Å²) in [5.74, 6) is -1.76. The van der Waals surface area contributed by atoms with E-state index in [9.17, 15) is 24.0 Å². The maximum atomic E-state index is 14.4. The number of carbonyl (C=O) groups is 4. The van der Waals surface area contributed by atoms with Crippen LogP contribution in [0.4, 0.5) is 0 Å². The summed E-state index contributed by atoms with van der Waals surface area (Å²) in [5.41, 5.74) is 2.67. The summed E-state index contributed by atoms with van der Waals surface area (Å²) in [6.45, 7) is 5.90. The third-order valence-corrected chi connectivity index (χ3v) is 9.50. The average Bonchev–Trinajstić information content (AvgIpc) is 3.73. The van der Waals surface area contributed by atoms with Crippen molar-refractivity contribution in [1.29, 1.82) is 0 Å². The molecule has 4 amide bonds. The van der Waals surface area contributed by atoms with Gasteiger partial charge in [-0.3, -0.25) is 23.7 Å². The van der Waals surface area contributed by atoms with Crippen molar-refractivity contribution in [3.8, 4) is 0 Å². The number of rotatable bonds is 6. The third-order valence-electron chi connectivity index (χ3n) is 9.50. The zero-order chi connectivity index (χ0) is 33.2. The van der Waals surface area contributed by atoms with E-state index >= 15 is 0 Å². The lowest BCUT2D eigenvalue weighted by atomic mass is 9.92. The average molecular weight is 643 g/mol. The summed E-state index contributed by atoms with van der Waals surface area (Å²) < 4.78 is 6.52. The van der Waals surface area contributed by atoms with Crippen molar-refractivity contribution in [3.63, 3.8) is 0 Å². The summed E-state index contributed by atoms with van der Waals surface area (Å²) >= 11 is 0. The summed E-state index contributed by atoms with van der Waals surface area (Å²) in [7, 11) is 0. The summed E-state index contributed by atoms with van der Waals surface area (Å²) in [5, 5.41) is 10.1. The Bertz CT molecular complexity index is 1860. The first-order valence-corrected chi connectivity index (χ1v) is 16.4. The van der Waals surface area contributed by atoms with Gasteiger partial charge in [0.15, 0.2) is 5.58 Å². The Balaban J connectivity index is 1.27. The minimum atomic E-state index is -0.920. The lowest BCUT2D eigenvalue weighted by Gasteiger charge is -2.30. The van der Waals surface area contributed by atoms with Gasteiger partial charge in [-0.25, -0.2) is 4.79 Å². The molecule has 4 aromatic rings. The third kappa shape index (κ3) is 6.96. The minimum Gasteiger partial charge on any atom is -0.408 e. The SMILES string of the molecule is CC(C)[C@@H]1CC[C@@H](C)CC(=O)N[C@H](Cc2c[nH]c3ccccc23)C(=O)N2C[C@H](NC(=O)Cn3c(=O)oc4ccccc43)C[C@H]2C(=O)N1. The number of carbonyl (C=O) groups excluding carboxylic acids is 4. The van der Waals surface area contributed by atoms with Crippen LogP contribution in [0.1, 0.15) is 52.0 Å². The molecule has 2 saturated heterocycles. The number of benzene rings is 2. The predicted octanol–water partition coefficient (Wildman–Crippen LogP) is 2.85. The molecule has 12 nitrogen and oxygen atoms in total. The van der Waals surface area contributed by atoms with Gasteiger partial charge in [0.05, 0.1) is 5.52 Å². The van der Waals surface area contributed by atoms with Gasteiger partial charge in [-0.05, 0) is 54.9 Å². The second-order valence-electron chi connectivity index (χ2n) is 13.4. The standard InChI is InChI=1S/C35H42N6O6/c1-20(2)25-13-12-21(3)14-31(42)38-27(15-22-17-36-26-9-5-4-8-24(22)26)34(45)40-18-23(16-29(40)33(44)39-25)37-32(43)19-41-28-10-6-7-11-30(28)47-35(41)46/h4-11,17,20-21,23,25,27,29,36H,12-16,18-19H2,1-3H3,(H,37,43)(H,38,42)(H,39,44)/t21-,23-,25+,27-,29+/m1/s1. The van der Waals surface area contributed by atoms with Crippen LogP contribution in [-0.2, 0) is 32.1 Å². The van der Waals surface area contributed by atoms with Crippen LogP contribution in [0.15, 0.2) is 63.9 Å². The number of aromatic amines is 1. The Morgan fingerprint density at radius 1 is 1.02 bits per heavy atom. The molecule has 12 heteroatoms. The number of nitrogens with zero attached hydrogens (tertiary/aromatic N) is 2. The zero-order valence-corrected chi connectivity index (χ0v) is 27.0. The Hall–Kier alpha value is -4.87. The number of aromatic nitrogens is 2. The van der Waals surface area contributed by atoms with Crippen LogP contribution in [0.3, 0.4) is 0 Å². The number of H-pyrrole nitrogens is 1. The number of oxazole rings is 1. The Labute approximate surface area is 272 Å². The number of para-hydroxylation sites is 3. The van der Waals surface area contributed by atoms with Crippen LogP contribution in [-0.4, -0.2) is 68.8 Å². The highest BCUT2D eigenvalue weighted by atomic mass is 16.4. The molecule has 0 spiro atoms. The van der Waals surface area contributed by atoms with E-state index in [1.54, 1.807) is 24.3 Å². The summed E-state index contributed by atoms with van der Waals surface area (Å²) in [4.78, 5) is 72.1. The molecule has 2 fully saturated rings. The largest absolute Gasteiger partial charge is 0.420 e. The number of amides is 4. The van der Waals surface area contributed by atoms with Crippen LogP contribution < -0.4 is 21.7 Å². The fourth-order valence-corrected chi connectivity index (χ4v) is 6.92. The smallest absolute Gasteiger partial charge is 0.408 e. The van der Waals surface area contributed by atoms with Crippen molar-refractivity contribution in [3.05, 3.63) is 70.8 Å². The lowest BCUT2D eigenvalue weighted by molar-refractivity contribution is -0.141. The molecule has 6 rings (SSSR count). The zero-order valence-electron chi connectivity index (χ0n) is 27.0. The number of hydrogen-bond acceptors (Lipinski definition) is 6. The Kier molecular flexibility index (Phi) is 9.19. The number of hydrogen-bond donors (Lipinski definition) is 4. The highest BCUT2D eigenvalue weighted by Crippen LogP contribution is 2.25. The van der Waals surface area contributed by atoms with E-state index in [1.807, 2.05) is 51.2 Å². The quantitative estimate of drug-likeness (QED) is 0.253. The van der Waals surface area contributed by atoms with E-state index < -0.39 is 29.8 Å². The predicted molar refractivity (Wildman–Crippen MR) is 176 cm³/mol. The van der Waals surface area contributed by atoms with Gasteiger partial charge in [0, 0.05) is 48.6 Å². The molecular weight excluding hydrogens is 600 g/mol. The van der Waals surface area contributed by atoms with E-state index in [0.29, 0.717) is 17.5 Å². The van der Waals surface area contributed by atoms with Crippen molar-refractivity contribution < 1.29 is 23.6 Å². The maximum Gasteiger partial charge on any atom is 0.420 e. The minimum absolute atomic E-state index is 0.0667. The maximum absolute atomic E-state index is 14.4. The van der Waals surface area contributed by atoms with Crippen molar-refractivity contribution in [1.82, 2.24) is 30.4 Å². The molecule has 47 heavy (non-hydrogen) atoms. The molecule has 0 saturated carbocycles. The number of fused-ring (bicyclic) bond motifs is 3. The Morgan fingerprint density at radius 2 is 1.79 bits per heavy atom. The summed E-state index contributed by atoms with van der Waals surface area (Å²) in [6, 6.07) is 12.2. The fourth-order valence-electron chi connectivity index (χ4n) is 6.92. The number of nitrogens with one attached hydrogen (secondary N) is 4. The van der Waals surface area contributed by atoms with Gasteiger partial charge in [0.1, 0.15) is 18.6 Å². The second kappa shape index (κ2) is 13.5. The van der Waals surface area contributed by atoms with Gasteiger partial charge in [0.25, 0.3) is 0 Å². The molecule has 2 aromatic carbocycles. The van der Waals surface area contributed by atoms with Gasteiger partial charge in [-0.1, -0.05) is 51.1 Å². The Morgan fingerprint density at radius 3 is 2.60 bits per heavy atom. The van der Waals surface area contributed by atoms with Gasteiger partial charge < -0.3 is 30.3 Å². The second-order valence-corrected chi connectivity index (χ2v) is 13.4. The van der Waals surface area contributed by atoms with Crippen molar-refractivity contribution in [2.45, 2.75) is 83.6 Å². The topological polar surface area (TPSA) is 159 Å². The van der Waals surface area contributed by atoms with Crippen LogP contribution >= 0.6 is 0 Å². The molecule has 0 unspecified atom stereocenters. The van der Waals surface area contributed by atoms with Crippen LogP contribution in [0.25, 0.3) is 22.0 Å². The van der Waals surface area contributed by atoms with E-state index in [1.165, 1.54) is 9.47 Å². The molecule has 0 aliphatic carbocycles. The molecular formula is C35H42N6O6. The van der Waals surface area contributed by atoms with Crippen LogP contribution in [0.5, 0.6) is 0 Å². The molecule has 0 bridgehead atoms. The highest BCUT2D eigenvalue weighted by Gasteiger charge is 2.43. The summed E-state index contributed by atoms with van der Waals surface area (Å²) in [6.07, 6.45) is 3.98. The van der Waals surface area contributed by atoms with Crippen LogP contribution in [0.2, 0.25) is 0 Å². The molecule has 248 valence electrons. The van der Waals surface area contributed by atoms with Crippen LogP contribution in [0, 0.1) is 11.8 Å². The molecule has 2 aromatic heterocycles.